The number of benzene rings is 6. The summed E-state index contributed by atoms with van der Waals surface area (Å²) in [6.07, 6.45) is 0. The Kier molecular flexibility index (Phi) is 6.11. The lowest BCUT2D eigenvalue weighted by Crippen LogP contribution is -2.01. The molecule has 0 bridgehead atoms. The summed E-state index contributed by atoms with van der Waals surface area (Å²) in [6, 6.07) is 48.7. The summed E-state index contributed by atoms with van der Waals surface area (Å²) in [5, 5.41) is 4.91. The lowest BCUT2D eigenvalue weighted by Gasteiger charge is -2.12. The predicted octanol–water partition coefficient (Wildman–Crippen LogP) is 11.1. The number of nitrogens with zero attached hydrogens (tertiary/aromatic N) is 4. The van der Waals surface area contributed by atoms with E-state index in [0.717, 1.165) is 37.9 Å². The highest BCUT2D eigenvalue weighted by Crippen LogP contribution is 2.37. The highest BCUT2D eigenvalue weighted by atomic mass is 79.9. The molecule has 0 aliphatic rings. The number of hydrogen-bond acceptors (Lipinski definition) is 4. The van der Waals surface area contributed by atoms with Crippen molar-refractivity contribution >= 4 is 69.2 Å². The van der Waals surface area contributed by atoms with E-state index < -0.39 is 0 Å². The van der Waals surface area contributed by atoms with Gasteiger partial charge in [0.15, 0.2) is 17.5 Å². The molecule has 0 amide bonds. The maximum absolute atomic E-state index is 5.11. The van der Waals surface area contributed by atoms with E-state index in [1.165, 1.54) is 30.9 Å². The number of rotatable bonds is 4. The molecule has 0 aliphatic carbocycles. The Morgan fingerprint density at radius 1 is 0.444 bits per heavy atom. The first-order valence-corrected chi connectivity index (χ1v) is 16.3. The van der Waals surface area contributed by atoms with Gasteiger partial charge in [-0.3, -0.25) is 0 Å². The molecule has 212 valence electrons. The van der Waals surface area contributed by atoms with Gasteiger partial charge >= 0.3 is 0 Å². The first kappa shape index (κ1) is 26.3. The Morgan fingerprint density at radius 3 is 1.76 bits per heavy atom. The van der Waals surface area contributed by atoms with E-state index in [2.05, 4.69) is 130 Å². The summed E-state index contributed by atoms with van der Waals surface area (Å²) in [6.45, 7) is 0. The largest absolute Gasteiger partial charge is 0.309 e. The molecule has 0 saturated heterocycles. The van der Waals surface area contributed by atoms with Crippen molar-refractivity contribution in [3.8, 4) is 39.9 Å². The van der Waals surface area contributed by atoms with E-state index in [0.29, 0.717) is 17.5 Å². The minimum Gasteiger partial charge on any atom is -0.309 e. The van der Waals surface area contributed by atoms with Gasteiger partial charge in [-0.25, -0.2) is 15.0 Å². The molecular formula is C39H23BrN4S. The molecule has 6 heteroatoms. The monoisotopic (exact) mass is 658 g/mol. The first-order valence-electron chi connectivity index (χ1n) is 14.7. The van der Waals surface area contributed by atoms with Gasteiger partial charge in [0.2, 0.25) is 0 Å². The average molecular weight is 660 g/mol. The molecule has 0 unspecified atom stereocenters. The Labute approximate surface area is 271 Å². The fourth-order valence-electron chi connectivity index (χ4n) is 6.25. The maximum Gasteiger partial charge on any atom is 0.164 e. The van der Waals surface area contributed by atoms with E-state index in [-0.39, 0.29) is 0 Å². The minimum absolute atomic E-state index is 0.623. The molecule has 0 spiro atoms. The van der Waals surface area contributed by atoms with Crippen molar-refractivity contribution in [3.63, 3.8) is 0 Å². The smallest absolute Gasteiger partial charge is 0.164 e. The van der Waals surface area contributed by atoms with Gasteiger partial charge < -0.3 is 4.57 Å². The summed E-state index contributed by atoms with van der Waals surface area (Å²) in [5.74, 6) is 1.91. The maximum atomic E-state index is 5.11. The molecule has 0 atom stereocenters. The predicted molar refractivity (Wildman–Crippen MR) is 191 cm³/mol. The van der Waals surface area contributed by atoms with Crippen LogP contribution in [0.15, 0.2) is 144 Å². The number of hydrogen-bond donors (Lipinski definition) is 0. The second kappa shape index (κ2) is 10.5. The Morgan fingerprint density at radius 2 is 1.02 bits per heavy atom. The van der Waals surface area contributed by atoms with Crippen LogP contribution in [-0.2, 0) is 0 Å². The zero-order valence-corrected chi connectivity index (χ0v) is 26.3. The van der Waals surface area contributed by atoms with E-state index in [4.69, 9.17) is 15.0 Å². The van der Waals surface area contributed by atoms with Crippen LogP contribution in [-0.4, -0.2) is 19.5 Å². The fraction of sp³-hybridized carbons (Fsp3) is 0. The average Bonchev–Trinajstić information content (AvgIpc) is 3.64. The summed E-state index contributed by atoms with van der Waals surface area (Å²) in [5.41, 5.74) is 6.16. The van der Waals surface area contributed by atoms with Crippen molar-refractivity contribution in [2.24, 2.45) is 0 Å². The van der Waals surface area contributed by atoms with Crippen LogP contribution in [0.25, 0.3) is 81.8 Å². The van der Waals surface area contributed by atoms with Gasteiger partial charge in [-0.15, -0.1) is 11.3 Å². The van der Waals surface area contributed by atoms with Crippen LogP contribution in [0.1, 0.15) is 0 Å². The molecule has 0 fully saturated rings. The van der Waals surface area contributed by atoms with Crippen LogP contribution in [0, 0.1) is 0 Å². The molecule has 4 nitrogen and oxygen atoms in total. The van der Waals surface area contributed by atoms with Crippen LogP contribution in [0.3, 0.4) is 0 Å². The van der Waals surface area contributed by atoms with Crippen LogP contribution in [0.2, 0.25) is 0 Å². The molecule has 0 saturated carbocycles. The summed E-state index contributed by atoms with van der Waals surface area (Å²) in [7, 11) is 0. The fourth-order valence-corrected chi connectivity index (χ4v) is 7.82. The molecule has 9 rings (SSSR count). The van der Waals surface area contributed by atoms with Crippen LogP contribution in [0.5, 0.6) is 0 Å². The third-order valence-electron chi connectivity index (χ3n) is 8.28. The van der Waals surface area contributed by atoms with Gasteiger partial charge in [0.05, 0.1) is 11.0 Å². The van der Waals surface area contributed by atoms with Crippen LogP contribution >= 0.6 is 27.3 Å². The number of halogens is 1. The number of para-hydroxylation sites is 2. The lowest BCUT2D eigenvalue weighted by molar-refractivity contribution is 1.07. The van der Waals surface area contributed by atoms with Crippen molar-refractivity contribution < 1.29 is 0 Å². The molecular weight excluding hydrogens is 636 g/mol. The number of aromatic nitrogens is 4. The van der Waals surface area contributed by atoms with Gasteiger partial charge in [0, 0.05) is 57.8 Å². The van der Waals surface area contributed by atoms with Gasteiger partial charge in [0.25, 0.3) is 0 Å². The van der Waals surface area contributed by atoms with Crippen molar-refractivity contribution in [2.45, 2.75) is 0 Å². The standard InChI is InChI=1S/C39H23BrN4S/c40-27-20-26(21-28(23-27)44-33-15-7-4-12-29(33)30-13-5-8-16-34(30)44)39-42-37(24-10-2-1-3-11-24)41-38(43-39)25-18-19-36-32(22-25)31-14-6-9-17-35(31)45-36/h1-23H. The number of fused-ring (bicyclic) bond motifs is 6. The molecule has 0 radical (unpaired) electrons. The summed E-state index contributed by atoms with van der Waals surface area (Å²) >= 11 is 5.62. The Hall–Kier alpha value is -5.17. The third kappa shape index (κ3) is 4.45. The van der Waals surface area contributed by atoms with Gasteiger partial charge in [-0.1, -0.05) is 101 Å². The lowest BCUT2D eigenvalue weighted by atomic mass is 10.1. The molecule has 9 aromatic rings. The molecule has 6 aromatic carbocycles. The molecule has 3 heterocycles. The summed E-state index contributed by atoms with van der Waals surface area (Å²) in [4.78, 5) is 15.2. The van der Waals surface area contributed by atoms with E-state index in [1.54, 1.807) is 0 Å². The highest BCUT2D eigenvalue weighted by Gasteiger charge is 2.17. The minimum atomic E-state index is 0.623. The topological polar surface area (TPSA) is 43.6 Å². The summed E-state index contributed by atoms with van der Waals surface area (Å²) < 4.78 is 5.79. The van der Waals surface area contributed by atoms with Crippen LogP contribution in [0.4, 0.5) is 0 Å². The van der Waals surface area contributed by atoms with Crippen molar-refractivity contribution in [1.29, 1.82) is 0 Å². The second-order valence-corrected chi connectivity index (χ2v) is 13.0. The van der Waals surface area contributed by atoms with Crippen LogP contribution < -0.4 is 0 Å². The quantitative estimate of drug-likeness (QED) is 0.189. The van der Waals surface area contributed by atoms with E-state index in [9.17, 15) is 0 Å². The van der Waals surface area contributed by atoms with E-state index >= 15 is 0 Å². The Balaban J connectivity index is 1.26. The third-order valence-corrected chi connectivity index (χ3v) is 9.89. The first-order chi connectivity index (χ1) is 22.2. The molecule has 3 aromatic heterocycles. The highest BCUT2D eigenvalue weighted by molar-refractivity contribution is 9.10. The Bertz CT molecular complexity index is 2510. The van der Waals surface area contributed by atoms with Gasteiger partial charge in [-0.2, -0.15) is 0 Å². The zero-order valence-electron chi connectivity index (χ0n) is 23.9. The van der Waals surface area contributed by atoms with Gasteiger partial charge in [0.1, 0.15) is 0 Å². The van der Waals surface area contributed by atoms with E-state index in [1.807, 2.05) is 41.7 Å². The van der Waals surface area contributed by atoms with Crippen molar-refractivity contribution in [2.75, 3.05) is 0 Å². The number of thiophene rings is 1. The normalized spacial score (nSPS) is 11.7. The SMILES string of the molecule is Brc1cc(-c2nc(-c3ccccc3)nc(-c3ccc4sc5ccccc5c4c3)n2)cc(-n2c3ccccc3c3ccccc32)c1. The molecule has 45 heavy (non-hydrogen) atoms. The second-order valence-electron chi connectivity index (χ2n) is 11.0. The van der Waals surface area contributed by atoms with Gasteiger partial charge in [-0.05, 0) is 54.6 Å². The molecule has 0 N–H and O–H groups in total. The van der Waals surface area contributed by atoms with Crippen molar-refractivity contribution in [3.05, 3.63) is 144 Å². The van der Waals surface area contributed by atoms with Crippen molar-refractivity contribution in [1.82, 2.24) is 19.5 Å². The molecule has 0 aliphatic heterocycles. The zero-order chi connectivity index (χ0) is 29.9.